The van der Waals surface area contributed by atoms with E-state index in [4.69, 9.17) is 9.47 Å². The van der Waals surface area contributed by atoms with Gasteiger partial charge in [-0.15, -0.1) is 0 Å². The van der Waals surface area contributed by atoms with Gasteiger partial charge < -0.3 is 14.8 Å². The minimum Gasteiger partial charge on any atom is -0.491 e. The molecule has 1 atom stereocenters. The number of rotatable bonds is 6. The number of carbonyl (C=O) groups is 1. The van der Waals surface area contributed by atoms with Crippen molar-refractivity contribution in [1.29, 1.82) is 0 Å². The number of anilines is 1. The highest BCUT2D eigenvalue weighted by Gasteiger charge is 2.16. The van der Waals surface area contributed by atoms with Gasteiger partial charge >= 0.3 is 0 Å². The second-order valence-electron chi connectivity index (χ2n) is 5.68. The summed E-state index contributed by atoms with van der Waals surface area (Å²) in [4.78, 5) is 12.1. The monoisotopic (exact) mass is 311 g/mol. The second-order valence-corrected chi connectivity index (χ2v) is 5.68. The number of nitrogens with one attached hydrogen (secondary N) is 1. The predicted octanol–water partition coefficient (Wildman–Crippen LogP) is 3.43. The third kappa shape index (κ3) is 4.83. The van der Waals surface area contributed by atoms with Gasteiger partial charge in [-0.25, -0.2) is 0 Å². The van der Waals surface area contributed by atoms with E-state index in [-0.39, 0.29) is 12.0 Å². The maximum atomic E-state index is 12.1. The molecule has 1 heterocycles. The lowest BCUT2D eigenvalue weighted by atomic mass is 10.1. The van der Waals surface area contributed by atoms with E-state index in [9.17, 15) is 4.79 Å². The largest absolute Gasteiger partial charge is 0.491 e. The van der Waals surface area contributed by atoms with Crippen molar-refractivity contribution in [2.45, 2.75) is 25.4 Å². The van der Waals surface area contributed by atoms with Crippen LogP contribution in [-0.4, -0.2) is 25.2 Å². The lowest BCUT2D eigenvalue weighted by Gasteiger charge is -2.12. The van der Waals surface area contributed by atoms with E-state index in [1.807, 2.05) is 54.6 Å². The fourth-order valence-electron chi connectivity index (χ4n) is 2.62. The summed E-state index contributed by atoms with van der Waals surface area (Å²) >= 11 is 0. The molecule has 0 aliphatic carbocycles. The molecule has 0 unspecified atom stereocenters. The average Bonchev–Trinajstić information content (AvgIpc) is 3.07. The Bertz CT molecular complexity index is 636. The first-order chi connectivity index (χ1) is 11.3. The number of benzene rings is 2. The summed E-state index contributed by atoms with van der Waals surface area (Å²) < 4.78 is 11.3. The Labute approximate surface area is 136 Å². The number of hydrogen-bond donors (Lipinski definition) is 1. The molecule has 3 rings (SSSR count). The molecule has 4 nitrogen and oxygen atoms in total. The Hall–Kier alpha value is -2.33. The molecule has 4 heteroatoms. The average molecular weight is 311 g/mol. The summed E-state index contributed by atoms with van der Waals surface area (Å²) in [7, 11) is 0. The van der Waals surface area contributed by atoms with Crippen LogP contribution in [-0.2, 0) is 16.0 Å². The molecule has 120 valence electrons. The van der Waals surface area contributed by atoms with Crippen LogP contribution < -0.4 is 10.1 Å². The highest BCUT2D eigenvalue weighted by Crippen LogP contribution is 2.20. The lowest BCUT2D eigenvalue weighted by Crippen LogP contribution is -2.17. The van der Waals surface area contributed by atoms with E-state index in [0.717, 1.165) is 36.4 Å². The molecular weight excluding hydrogens is 290 g/mol. The van der Waals surface area contributed by atoms with Crippen molar-refractivity contribution in [2.75, 3.05) is 18.5 Å². The summed E-state index contributed by atoms with van der Waals surface area (Å²) in [5, 5.41) is 2.91. The van der Waals surface area contributed by atoms with E-state index < -0.39 is 0 Å². The molecule has 1 amide bonds. The van der Waals surface area contributed by atoms with Gasteiger partial charge in [-0.1, -0.05) is 36.4 Å². The Morgan fingerprint density at radius 2 is 2.04 bits per heavy atom. The normalized spacial score (nSPS) is 17.0. The molecule has 0 aromatic heterocycles. The van der Waals surface area contributed by atoms with Crippen molar-refractivity contribution in [3.63, 3.8) is 0 Å². The van der Waals surface area contributed by atoms with Crippen LogP contribution in [0.25, 0.3) is 0 Å². The molecule has 0 bridgehead atoms. The smallest absolute Gasteiger partial charge is 0.228 e. The van der Waals surface area contributed by atoms with Crippen molar-refractivity contribution in [1.82, 2.24) is 0 Å². The first kappa shape index (κ1) is 15.6. The quantitative estimate of drug-likeness (QED) is 0.889. The van der Waals surface area contributed by atoms with Crippen molar-refractivity contribution < 1.29 is 14.3 Å². The number of ether oxygens (including phenoxy) is 2. The Morgan fingerprint density at radius 1 is 1.17 bits per heavy atom. The summed E-state index contributed by atoms with van der Waals surface area (Å²) in [5.41, 5.74) is 1.74. The highest BCUT2D eigenvalue weighted by atomic mass is 16.5. The minimum atomic E-state index is -0.0347. The predicted molar refractivity (Wildman–Crippen MR) is 89.7 cm³/mol. The van der Waals surface area contributed by atoms with Crippen LogP contribution >= 0.6 is 0 Å². The van der Waals surface area contributed by atoms with Gasteiger partial charge in [-0.2, -0.15) is 0 Å². The van der Waals surface area contributed by atoms with Gasteiger partial charge in [0.2, 0.25) is 5.91 Å². The van der Waals surface area contributed by atoms with Crippen molar-refractivity contribution in [3.8, 4) is 5.75 Å². The van der Waals surface area contributed by atoms with Crippen LogP contribution in [0.2, 0.25) is 0 Å². The Balaban J connectivity index is 1.53. The maximum absolute atomic E-state index is 12.1. The SMILES string of the molecule is O=C(Cc1ccccc1)Nc1cccc(OC[C@@H]2CCCO2)c1. The molecule has 0 radical (unpaired) electrons. The van der Waals surface area contributed by atoms with Crippen LogP contribution in [0.15, 0.2) is 54.6 Å². The molecule has 0 spiro atoms. The van der Waals surface area contributed by atoms with Crippen LogP contribution in [0.1, 0.15) is 18.4 Å². The summed E-state index contributed by atoms with van der Waals surface area (Å²) in [5.74, 6) is 0.713. The maximum Gasteiger partial charge on any atom is 0.228 e. The van der Waals surface area contributed by atoms with Gasteiger partial charge in [0.1, 0.15) is 12.4 Å². The van der Waals surface area contributed by atoms with Crippen molar-refractivity contribution >= 4 is 11.6 Å². The third-order valence-electron chi connectivity index (χ3n) is 3.79. The lowest BCUT2D eigenvalue weighted by molar-refractivity contribution is -0.115. The first-order valence-electron chi connectivity index (χ1n) is 7.98. The van der Waals surface area contributed by atoms with Gasteiger partial charge in [0, 0.05) is 18.4 Å². The van der Waals surface area contributed by atoms with E-state index in [2.05, 4.69) is 5.32 Å². The second kappa shape index (κ2) is 7.79. The van der Waals surface area contributed by atoms with Gasteiger partial charge in [0.15, 0.2) is 0 Å². The molecule has 1 fully saturated rings. The molecule has 2 aromatic rings. The van der Waals surface area contributed by atoms with Gasteiger partial charge in [0.25, 0.3) is 0 Å². The van der Waals surface area contributed by atoms with E-state index in [0.29, 0.717) is 13.0 Å². The molecule has 0 saturated carbocycles. The van der Waals surface area contributed by atoms with Crippen LogP contribution in [0.4, 0.5) is 5.69 Å². The van der Waals surface area contributed by atoms with E-state index >= 15 is 0 Å². The standard InChI is InChI=1S/C19H21NO3/c21-19(12-15-6-2-1-3-7-15)20-16-8-4-9-17(13-16)23-14-18-10-5-11-22-18/h1-4,6-9,13,18H,5,10-12,14H2,(H,20,21)/t18-/m0/s1. The van der Waals surface area contributed by atoms with Gasteiger partial charge in [0.05, 0.1) is 12.5 Å². The van der Waals surface area contributed by atoms with Crippen molar-refractivity contribution in [2.24, 2.45) is 0 Å². The van der Waals surface area contributed by atoms with Gasteiger partial charge in [-0.05, 0) is 30.5 Å². The van der Waals surface area contributed by atoms with E-state index in [1.165, 1.54) is 0 Å². The van der Waals surface area contributed by atoms with Crippen LogP contribution in [0.3, 0.4) is 0 Å². The topological polar surface area (TPSA) is 47.6 Å². The fraction of sp³-hybridized carbons (Fsp3) is 0.316. The molecule has 1 aliphatic rings. The first-order valence-corrected chi connectivity index (χ1v) is 7.98. The zero-order valence-electron chi connectivity index (χ0n) is 13.0. The molecule has 1 saturated heterocycles. The van der Waals surface area contributed by atoms with E-state index in [1.54, 1.807) is 0 Å². The highest BCUT2D eigenvalue weighted by molar-refractivity contribution is 5.92. The summed E-state index contributed by atoms with van der Waals surface area (Å²) in [6, 6.07) is 17.2. The molecule has 1 aliphatic heterocycles. The van der Waals surface area contributed by atoms with Crippen LogP contribution in [0, 0.1) is 0 Å². The molecule has 2 aromatic carbocycles. The Morgan fingerprint density at radius 3 is 2.83 bits per heavy atom. The molecule has 23 heavy (non-hydrogen) atoms. The van der Waals surface area contributed by atoms with Crippen molar-refractivity contribution in [3.05, 3.63) is 60.2 Å². The number of carbonyl (C=O) groups excluding carboxylic acids is 1. The molecular formula is C19H21NO3. The summed E-state index contributed by atoms with van der Waals surface area (Å²) in [6.07, 6.45) is 2.70. The van der Waals surface area contributed by atoms with Crippen LogP contribution in [0.5, 0.6) is 5.75 Å². The Kier molecular flexibility index (Phi) is 5.27. The minimum absolute atomic E-state index is 0.0347. The number of amides is 1. The fourth-order valence-corrected chi connectivity index (χ4v) is 2.62. The van der Waals surface area contributed by atoms with Gasteiger partial charge in [-0.3, -0.25) is 4.79 Å². The summed E-state index contributed by atoms with van der Waals surface area (Å²) in [6.45, 7) is 1.38. The number of hydrogen-bond acceptors (Lipinski definition) is 3. The zero-order chi connectivity index (χ0) is 15.9. The third-order valence-corrected chi connectivity index (χ3v) is 3.79. The molecule has 1 N–H and O–H groups in total. The zero-order valence-corrected chi connectivity index (χ0v) is 13.0.